The van der Waals surface area contributed by atoms with E-state index in [2.05, 4.69) is 21.4 Å². The number of hydrogen-bond acceptors (Lipinski definition) is 3. The van der Waals surface area contributed by atoms with E-state index in [1.165, 1.54) is 5.57 Å². The van der Waals surface area contributed by atoms with Gasteiger partial charge in [0.25, 0.3) is 0 Å². The van der Waals surface area contributed by atoms with Gasteiger partial charge in [-0.1, -0.05) is 6.08 Å². The molecule has 1 aromatic rings. The highest BCUT2D eigenvalue weighted by molar-refractivity contribution is 5.66. The molecule has 0 fully saturated rings. The van der Waals surface area contributed by atoms with Gasteiger partial charge in [-0.3, -0.25) is 9.97 Å². The maximum absolute atomic E-state index is 4.33. The third-order valence-electron chi connectivity index (χ3n) is 2.21. The van der Waals surface area contributed by atoms with Gasteiger partial charge in [-0.25, -0.2) is 0 Å². The fraction of sp³-hybridized carbons (Fsp3) is 0.400. The lowest BCUT2D eigenvalue weighted by Crippen LogP contribution is -2.22. The Kier molecular flexibility index (Phi) is 2.36. The monoisotopic (exact) mass is 175 g/mol. The molecule has 1 aromatic heterocycles. The fourth-order valence-corrected chi connectivity index (χ4v) is 1.55. The van der Waals surface area contributed by atoms with Crippen LogP contribution >= 0.6 is 0 Å². The van der Waals surface area contributed by atoms with Crippen molar-refractivity contribution in [1.29, 1.82) is 0 Å². The zero-order chi connectivity index (χ0) is 9.10. The van der Waals surface area contributed by atoms with E-state index in [4.69, 9.17) is 0 Å². The van der Waals surface area contributed by atoms with E-state index in [1.807, 2.05) is 6.92 Å². The van der Waals surface area contributed by atoms with Crippen LogP contribution < -0.4 is 5.32 Å². The molecule has 0 unspecified atom stereocenters. The first kappa shape index (κ1) is 8.38. The van der Waals surface area contributed by atoms with E-state index in [-0.39, 0.29) is 0 Å². The molecule has 3 heteroatoms. The first-order chi connectivity index (χ1) is 6.38. The maximum Gasteiger partial charge on any atom is 0.0883 e. The van der Waals surface area contributed by atoms with Crippen molar-refractivity contribution in [3.63, 3.8) is 0 Å². The van der Waals surface area contributed by atoms with E-state index in [1.54, 1.807) is 12.4 Å². The van der Waals surface area contributed by atoms with Crippen LogP contribution in [0.3, 0.4) is 0 Å². The third-order valence-corrected chi connectivity index (χ3v) is 2.21. The number of nitrogens with zero attached hydrogens (tertiary/aromatic N) is 2. The van der Waals surface area contributed by atoms with Crippen LogP contribution in [0.5, 0.6) is 0 Å². The van der Waals surface area contributed by atoms with Gasteiger partial charge >= 0.3 is 0 Å². The molecule has 1 N–H and O–H groups in total. The predicted molar refractivity (Wildman–Crippen MR) is 52.2 cm³/mol. The lowest BCUT2D eigenvalue weighted by Gasteiger charge is -2.14. The van der Waals surface area contributed by atoms with Gasteiger partial charge in [0.1, 0.15) is 0 Å². The van der Waals surface area contributed by atoms with Gasteiger partial charge in [0.15, 0.2) is 0 Å². The summed E-state index contributed by atoms with van der Waals surface area (Å²) in [4.78, 5) is 8.55. The standard InChI is InChI=1S/C10H13N3/c1-8-10(13-6-5-12-8)9-3-2-4-11-7-9/h3,5-6,11H,2,4,7H2,1H3. The van der Waals surface area contributed by atoms with Crippen LogP contribution in [-0.4, -0.2) is 23.1 Å². The van der Waals surface area contributed by atoms with Crippen LogP contribution in [0.15, 0.2) is 18.5 Å². The Bertz CT molecular complexity index is 331. The minimum Gasteiger partial charge on any atom is -0.312 e. The molecule has 68 valence electrons. The van der Waals surface area contributed by atoms with Crippen LogP contribution in [0, 0.1) is 6.92 Å². The molecule has 0 saturated carbocycles. The maximum atomic E-state index is 4.33. The van der Waals surface area contributed by atoms with Crippen LogP contribution in [0.4, 0.5) is 0 Å². The summed E-state index contributed by atoms with van der Waals surface area (Å²) in [5.74, 6) is 0. The first-order valence-electron chi connectivity index (χ1n) is 4.55. The van der Waals surface area contributed by atoms with Crippen LogP contribution in [0.25, 0.3) is 5.57 Å². The lowest BCUT2D eigenvalue weighted by molar-refractivity contribution is 0.736. The second-order valence-corrected chi connectivity index (χ2v) is 3.19. The van der Waals surface area contributed by atoms with Crippen LogP contribution in [-0.2, 0) is 0 Å². The van der Waals surface area contributed by atoms with Gasteiger partial charge in [0, 0.05) is 18.9 Å². The molecular weight excluding hydrogens is 162 g/mol. The first-order valence-corrected chi connectivity index (χ1v) is 4.55. The summed E-state index contributed by atoms with van der Waals surface area (Å²) in [6.07, 6.45) is 6.81. The van der Waals surface area contributed by atoms with Gasteiger partial charge in [0.2, 0.25) is 0 Å². The molecule has 0 aromatic carbocycles. The Morgan fingerprint density at radius 2 is 2.15 bits per heavy atom. The van der Waals surface area contributed by atoms with Crippen molar-refractivity contribution >= 4 is 5.57 Å². The Morgan fingerprint density at radius 1 is 1.31 bits per heavy atom. The Balaban J connectivity index is 2.34. The number of aromatic nitrogens is 2. The normalized spacial score (nSPS) is 16.8. The summed E-state index contributed by atoms with van der Waals surface area (Å²) in [6.45, 7) is 3.99. The second kappa shape index (κ2) is 3.66. The Morgan fingerprint density at radius 3 is 2.85 bits per heavy atom. The van der Waals surface area contributed by atoms with Crippen molar-refractivity contribution in [2.75, 3.05) is 13.1 Å². The quantitative estimate of drug-likeness (QED) is 0.696. The van der Waals surface area contributed by atoms with E-state index < -0.39 is 0 Å². The average molecular weight is 175 g/mol. The van der Waals surface area contributed by atoms with Crippen molar-refractivity contribution in [3.8, 4) is 0 Å². The number of nitrogens with one attached hydrogen (secondary N) is 1. The zero-order valence-electron chi connectivity index (χ0n) is 7.75. The van der Waals surface area contributed by atoms with Gasteiger partial charge in [-0.2, -0.15) is 0 Å². The summed E-state index contributed by atoms with van der Waals surface area (Å²) in [5.41, 5.74) is 3.32. The van der Waals surface area contributed by atoms with Crippen molar-refractivity contribution < 1.29 is 0 Å². The summed E-state index contributed by atoms with van der Waals surface area (Å²) in [6, 6.07) is 0. The van der Waals surface area contributed by atoms with Crippen molar-refractivity contribution in [2.45, 2.75) is 13.3 Å². The highest BCUT2D eigenvalue weighted by Crippen LogP contribution is 2.15. The van der Waals surface area contributed by atoms with Crippen molar-refractivity contribution in [3.05, 3.63) is 29.9 Å². The highest BCUT2D eigenvalue weighted by atomic mass is 14.9. The summed E-state index contributed by atoms with van der Waals surface area (Å²) >= 11 is 0. The van der Waals surface area contributed by atoms with E-state index >= 15 is 0 Å². The molecule has 2 rings (SSSR count). The van der Waals surface area contributed by atoms with E-state index in [0.29, 0.717) is 0 Å². The molecule has 2 heterocycles. The minimum atomic E-state index is 0.916. The smallest absolute Gasteiger partial charge is 0.0883 e. The minimum absolute atomic E-state index is 0.916. The molecule has 0 aliphatic carbocycles. The highest BCUT2D eigenvalue weighted by Gasteiger charge is 2.08. The predicted octanol–water partition coefficient (Wildman–Crippen LogP) is 1.16. The largest absolute Gasteiger partial charge is 0.312 e. The summed E-state index contributed by atoms with van der Waals surface area (Å²) in [7, 11) is 0. The molecule has 0 amide bonds. The van der Waals surface area contributed by atoms with Crippen LogP contribution in [0.1, 0.15) is 17.8 Å². The zero-order valence-corrected chi connectivity index (χ0v) is 7.75. The Hall–Kier alpha value is -1.22. The molecule has 0 spiro atoms. The Labute approximate surface area is 77.9 Å². The SMILES string of the molecule is Cc1nccnc1C1=CCCNC1. The van der Waals surface area contributed by atoms with Crippen LogP contribution in [0.2, 0.25) is 0 Å². The molecule has 3 nitrogen and oxygen atoms in total. The van der Waals surface area contributed by atoms with Gasteiger partial charge < -0.3 is 5.32 Å². The molecule has 0 radical (unpaired) electrons. The molecule has 0 bridgehead atoms. The molecule has 0 saturated heterocycles. The van der Waals surface area contributed by atoms with Gasteiger partial charge in [-0.05, 0) is 25.5 Å². The average Bonchev–Trinajstić information content (AvgIpc) is 2.20. The summed E-state index contributed by atoms with van der Waals surface area (Å²) in [5, 5.41) is 3.32. The number of aryl methyl sites for hydroxylation is 1. The molecular formula is C10H13N3. The molecule has 1 aliphatic rings. The van der Waals surface area contributed by atoms with Crippen molar-refractivity contribution in [2.24, 2.45) is 0 Å². The van der Waals surface area contributed by atoms with Gasteiger partial charge in [0.05, 0.1) is 11.4 Å². The van der Waals surface area contributed by atoms with Crippen molar-refractivity contribution in [1.82, 2.24) is 15.3 Å². The van der Waals surface area contributed by atoms with Gasteiger partial charge in [-0.15, -0.1) is 0 Å². The topological polar surface area (TPSA) is 37.8 Å². The molecule has 13 heavy (non-hydrogen) atoms. The number of hydrogen-bond donors (Lipinski definition) is 1. The fourth-order valence-electron chi connectivity index (χ4n) is 1.55. The number of rotatable bonds is 1. The molecule has 0 atom stereocenters. The van der Waals surface area contributed by atoms with E-state index in [9.17, 15) is 0 Å². The van der Waals surface area contributed by atoms with E-state index in [0.717, 1.165) is 30.9 Å². The lowest BCUT2D eigenvalue weighted by atomic mass is 10.1. The molecule has 1 aliphatic heterocycles. The summed E-state index contributed by atoms with van der Waals surface area (Å²) < 4.78 is 0. The second-order valence-electron chi connectivity index (χ2n) is 3.19. The third kappa shape index (κ3) is 1.75.